The normalized spacial score (nSPS) is 12.0. The summed E-state index contributed by atoms with van der Waals surface area (Å²) in [5.41, 5.74) is 2.97. The molecule has 0 fully saturated rings. The Kier molecular flexibility index (Phi) is 7.61. The van der Waals surface area contributed by atoms with Crippen LogP contribution in [0.2, 0.25) is 0 Å². The van der Waals surface area contributed by atoms with Crippen molar-refractivity contribution in [3.63, 3.8) is 0 Å². The maximum Gasteiger partial charge on any atom is 0.191 e. The highest BCUT2D eigenvalue weighted by molar-refractivity contribution is 7.90. The van der Waals surface area contributed by atoms with E-state index in [2.05, 4.69) is 15.6 Å². The number of hydrogen-bond acceptors (Lipinski definition) is 4. The van der Waals surface area contributed by atoms with Crippen LogP contribution in [0.3, 0.4) is 0 Å². The fraction of sp³-hybridized carbons (Fsp3) is 0.381. The molecule has 29 heavy (non-hydrogen) atoms. The van der Waals surface area contributed by atoms with Gasteiger partial charge in [0.2, 0.25) is 0 Å². The smallest absolute Gasteiger partial charge is 0.191 e. The van der Waals surface area contributed by atoms with Crippen molar-refractivity contribution in [2.24, 2.45) is 4.99 Å². The van der Waals surface area contributed by atoms with Gasteiger partial charge >= 0.3 is 0 Å². The molecule has 158 valence electrons. The summed E-state index contributed by atoms with van der Waals surface area (Å²) in [4.78, 5) is 6.61. The van der Waals surface area contributed by atoms with Crippen LogP contribution >= 0.6 is 0 Å². The number of benzene rings is 2. The molecule has 0 unspecified atom stereocenters. The maximum atomic E-state index is 14.1. The topological polar surface area (TPSA) is 73.8 Å². The molecular weight excluding hydrogens is 391 g/mol. The second kappa shape index (κ2) is 9.73. The fourth-order valence-electron chi connectivity index (χ4n) is 2.95. The Labute approximate surface area is 172 Å². The molecule has 2 aromatic rings. The van der Waals surface area contributed by atoms with E-state index in [0.29, 0.717) is 41.7 Å². The Morgan fingerprint density at radius 2 is 1.79 bits per heavy atom. The van der Waals surface area contributed by atoms with E-state index in [4.69, 9.17) is 0 Å². The van der Waals surface area contributed by atoms with Crippen molar-refractivity contribution >= 4 is 21.5 Å². The van der Waals surface area contributed by atoms with E-state index >= 15 is 0 Å². The molecule has 2 aromatic carbocycles. The number of guanidine groups is 1. The van der Waals surface area contributed by atoms with E-state index in [0.717, 1.165) is 11.1 Å². The molecular formula is C21H29FN4O2S. The number of nitrogens with one attached hydrogen (secondary N) is 2. The van der Waals surface area contributed by atoms with Crippen LogP contribution in [-0.4, -0.2) is 41.3 Å². The Bertz CT molecular complexity index is 988. The molecule has 0 atom stereocenters. The first kappa shape index (κ1) is 22.7. The SMILES string of the molecule is CCNC(=NCc1ccc(S(C)(=O)=O)c(C)c1)NCc1ccc(N(C)C)c(F)c1. The second-order valence-corrected chi connectivity index (χ2v) is 9.09. The van der Waals surface area contributed by atoms with Crippen LogP contribution in [0.1, 0.15) is 23.6 Å². The van der Waals surface area contributed by atoms with Gasteiger partial charge in [0.1, 0.15) is 5.82 Å². The Hall–Kier alpha value is -2.61. The van der Waals surface area contributed by atoms with Crippen LogP contribution in [0.5, 0.6) is 0 Å². The maximum absolute atomic E-state index is 14.1. The first-order valence-electron chi connectivity index (χ1n) is 9.39. The van der Waals surface area contributed by atoms with E-state index in [1.807, 2.05) is 19.1 Å². The Morgan fingerprint density at radius 3 is 2.34 bits per heavy atom. The lowest BCUT2D eigenvalue weighted by Crippen LogP contribution is -2.36. The van der Waals surface area contributed by atoms with Gasteiger partial charge in [-0.05, 0) is 48.7 Å². The number of aryl methyl sites for hydroxylation is 1. The molecule has 2 N–H and O–H groups in total. The number of hydrogen-bond donors (Lipinski definition) is 2. The van der Waals surface area contributed by atoms with Crippen LogP contribution in [0.4, 0.5) is 10.1 Å². The zero-order valence-electron chi connectivity index (χ0n) is 17.6. The van der Waals surface area contributed by atoms with E-state index in [1.165, 1.54) is 12.3 Å². The van der Waals surface area contributed by atoms with E-state index in [9.17, 15) is 12.8 Å². The van der Waals surface area contributed by atoms with Gasteiger partial charge in [-0.15, -0.1) is 0 Å². The molecule has 6 nitrogen and oxygen atoms in total. The minimum Gasteiger partial charge on any atom is -0.375 e. The zero-order chi connectivity index (χ0) is 21.6. The summed E-state index contributed by atoms with van der Waals surface area (Å²) in [6.45, 7) is 5.26. The highest BCUT2D eigenvalue weighted by Gasteiger charge is 2.11. The van der Waals surface area contributed by atoms with Gasteiger partial charge in [0, 0.05) is 33.4 Å². The molecule has 0 spiro atoms. The van der Waals surface area contributed by atoms with Gasteiger partial charge in [0.05, 0.1) is 17.1 Å². The molecule has 0 radical (unpaired) electrons. The highest BCUT2D eigenvalue weighted by atomic mass is 32.2. The third-order valence-electron chi connectivity index (χ3n) is 4.36. The third kappa shape index (κ3) is 6.45. The largest absolute Gasteiger partial charge is 0.375 e. The monoisotopic (exact) mass is 420 g/mol. The molecule has 0 saturated heterocycles. The summed E-state index contributed by atoms with van der Waals surface area (Å²) in [6, 6.07) is 10.4. The van der Waals surface area contributed by atoms with Crippen LogP contribution < -0.4 is 15.5 Å². The quantitative estimate of drug-likeness (QED) is 0.532. The summed E-state index contributed by atoms with van der Waals surface area (Å²) in [7, 11) is 0.368. The number of anilines is 1. The predicted molar refractivity (Wildman–Crippen MR) is 117 cm³/mol. The highest BCUT2D eigenvalue weighted by Crippen LogP contribution is 2.18. The molecule has 0 aliphatic carbocycles. The third-order valence-corrected chi connectivity index (χ3v) is 5.61. The molecule has 0 amide bonds. The summed E-state index contributed by atoms with van der Waals surface area (Å²) >= 11 is 0. The van der Waals surface area contributed by atoms with Crippen molar-refractivity contribution in [3.05, 3.63) is 58.9 Å². The second-order valence-electron chi connectivity index (χ2n) is 7.10. The van der Waals surface area contributed by atoms with E-state index < -0.39 is 9.84 Å². The first-order chi connectivity index (χ1) is 13.6. The number of halogens is 1. The molecule has 0 bridgehead atoms. The lowest BCUT2D eigenvalue weighted by molar-refractivity contribution is 0.601. The van der Waals surface area contributed by atoms with Gasteiger partial charge < -0.3 is 15.5 Å². The van der Waals surface area contributed by atoms with Gasteiger partial charge in [-0.25, -0.2) is 17.8 Å². The van der Waals surface area contributed by atoms with Gasteiger partial charge in [-0.2, -0.15) is 0 Å². The lowest BCUT2D eigenvalue weighted by atomic mass is 10.1. The van der Waals surface area contributed by atoms with Gasteiger partial charge in [-0.3, -0.25) is 0 Å². The number of rotatable bonds is 7. The standard InChI is InChI=1S/C21H29FN4O2S/c1-6-23-21(25-14-17-7-9-19(26(3)4)18(22)12-17)24-13-16-8-10-20(15(2)11-16)29(5,27)28/h7-12H,6,13-14H2,1-5H3,(H2,23,24,25). The van der Waals surface area contributed by atoms with Crippen molar-refractivity contribution in [2.75, 3.05) is 31.8 Å². The summed E-state index contributed by atoms with van der Waals surface area (Å²) < 4.78 is 37.6. The van der Waals surface area contributed by atoms with E-state index in [1.54, 1.807) is 44.1 Å². The minimum atomic E-state index is -3.24. The number of aliphatic imine (C=N–C) groups is 1. The zero-order valence-corrected chi connectivity index (χ0v) is 18.4. The van der Waals surface area contributed by atoms with Crippen molar-refractivity contribution in [1.29, 1.82) is 0 Å². The Balaban J connectivity index is 2.08. The Morgan fingerprint density at radius 1 is 1.10 bits per heavy atom. The lowest BCUT2D eigenvalue weighted by Gasteiger charge is -2.15. The first-order valence-corrected chi connectivity index (χ1v) is 11.3. The van der Waals surface area contributed by atoms with E-state index in [-0.39, 0.29) is 5.82 Å². The number of sulfone groups is 1. The molecule has 2 rings (SSSR count). The molecule has 8 heteroatoms. The van der Waals surface area contributed by atoms with Gasteiger partial charge in [-0.1, -0.05) is 18.2 Å². The van der Waals surface area contributed by atoms with Crippen molar-refractivity contribution < 1.29 is 12.8 Å². The molecule has 0 aliphatic rings. The average Bonchev–Trinajstić information content (AvgIpc) is 2.62. The summed E-state index contributed by atoms with van der Waals surface area (Å²) in [6.07, 6.45) is 1.20. The van der Waals surface area contributed by atoms with Crippen LogP contribution in [0.25, 0.3) is 0 Å². The molecule has 0 aromatic heterocycles. The van der Waals surface area contributed by atoms with Crippen molar-refractivity contribution in [3.8, 4) is 0 Å². The van der Waals surface area contributed by atoms with Gasteiger partial charge in [0.25, 0.3) is 0 Å². The van der Waals surface area contributed by atoms with Crippen LogP contribution in [-0.2, 0) is 22.9 Å². The summed E-state index contributed by atoms with van der Waals surface area (Å²) in [5.74, 6) is 0.340. The van der Waals surface area contributed by atoms with Crippen LogP contribution in [0, 0.1) is 12.7 Å². The molecule has 0 heterocycles. The van der Waals surface area contributed by atoms with Crippen molar-refractivity contribution in [2.45, 2.75) is 31.8 Å². The molecule has 0 aliphatic heterocycles. The number of nitrogens with zero attached hydrogens (tertiary/aromatic N) is 2. The van der Waals surface area contributed by atoms with Crippen molar-refractivity contribution in [1.82, 2.24) is 10.6 Å². The summed E-state index contributed by atoms with van der Waals surface area (Å²) in [5, 5.41) is 6.35. The predicted octanol–water partition coefficient (Wildman–Crippen LogP) is 2.86. The average molecular weight is 421 g/mol. The van der Waals surface area contributed by atoms with Crippen LogP contribution in [0.15, 0.2) is 46.3 Å². The molecule has 0 saturated carbocycles. The minimum absolute atomic E-state index is 0.266. The van der Waals surface area contributed by atoms with Gasteiger partial charge in [0.15, 0.2) is 15.8 Å². The fourth-order valence-corrected chi connectivity index (χ4v) is 3.91.